The highest BCUT2D eigenvalue weighted by atomic mass is 16.5. The number of pyridine rings is 1. The number of likely N-dealkylation sites (N-methyl/N-ethyl adjacent to an activating group) is 1. The van der Waals surface area contributed by atoms with Crippen LogP contribution in [0.15, 0.2) is 48.8 Å². The molecule has 0 saturated carbocycles. The van der Waals surface area contributed by atoms with Gasteiger partial charge in [-0.2, -0.15) is 4.98 Å². The van der Waals surface area contributed by atoms with E-state index in [1.807, 2.05) is 18.5 Å². The van der Waals surface area contributed by atoms with E-state index in [2.05, 4.69) is 62.0 Å². The van der Waals surface area contributed by atoms with Crippen LogP contribution in [0.1, 0.15) is 18.4 Å². The Kier molecular flexibility index (Phi) is 5.95. The molecule has 1 atom stereocenters. The van der Waals surface area contributed by atoms with Crippen molar-refractivity contribution in [2.45, 2.75) is 25.4 Å². The standard InChI is InChI=1S/C24H30N6O/c1-28(24-26-11-9-23(27-24)30-13-15-31-16-14-30)20-5-4-12-29(18-20)17-19-8-10-25-22-7-3-2-6-21(19)22/h2-3,6-11,20H,4-5,12-18H2,1H3. The molecular formula is C24H30N6O. The number of benzene rings is 1. The molecule has 0 bridgehead atoms. The van der Waals surface area contributed by atoms with Crippen molar-refractivity contribution in [3.05, 3.63) is 54.4 Å². The Morgan fingerprint density at radius 2 is 1.87 bits per heavy atom. The van der Waals surface area contributed by atoms with Gasteiger partial charge >= 0.3 is 0 Å². The van der Waals surface area contributed by atoms with Gasteiger partial charge < -0.3 is 14.5 Å². The van der Waals surface area contributed by atoms with E-state index in [1.54, 1.807) is 0 Å². The van der Waals surface area contributed by atoms with Crippen LogP contribution in [0.2, 0.25) is 0 Å². The molecule has 0 spiro atoms. The van der Waals surface area contributed by atoms with Crippen LogP contribution in [0.25, 0.3) is 10.9 Å². The number of fused-ring (bicyclic) bond motifs is 1. The zero-order chi connectivity index (χ0) is 21.0. The van der Waals surface area contributed by atoms with Crippen molar-refractivity contribution in [1.82, 2.24) is 19.9 Å². The minimum Gasteiger partial charge on any atom is -0.378 e. The number of morpholine rings is 1. The molecule has 0 radical (unpaired) electrons. The Morgan fingerprint density at radius 1 is 1.03 bits per heavy atom. The third kappa shape index (κ3) is 4.48. The van der Waals surface area contributed by atoms with Gasteiger partial charge in [-0.1, -0.05) is 18.2 Å². The Bertz CT molecular complexity index is 1020. The van der Waals surface area contributed by atoms with E-state index in [-0.39, 0.29) is 0 Å². The Hall–Kier alpha value is -2.77. The van der Waals surface area contributed by atoms with E-state index in [4.69, 9.17) is 9.72 Å². The van der Waals surface area contributed by atoms with Gasteiger partial charge in [0.15, 0.2) is 0 Å². The smallest absolute Gasteiger partial charge is 0.227 e. The van der Waals surface area contributed by atoms with Crippen molar-refractivity contribution < 1.29 is 4.74 Å². The molecule has 0 amide bonds. The molecule has 0 N–H and O–H groups in total. The highest BCUT2D eigenvalue weighted by Crippen LogP contribution is 2.24. The van der Waals surface area contributed by atoms with Gasteiger partial charge in [-0.05, 0) is 43.1 Å². The fourth-order valence-corrected chi connectivity index (χ4v) is 4.67. The van der Waals surface area contributed by atoms with Crippen molar-refractivity contribution in [2.24, 2.45) is 0 Å². The average Bonchev–Trinajstić information content (AvgIpc) is 2.85. The van der Waals surface area contributed by atoms with Crippen LogP contribution in [-0.2, 0) is 11.3 Å². The highest BCUT2D eigenvalue weighted by Gasteiger charge is 2.25. The van der Waals surface area contributed by atoms with Crippen molar-refractivity contribution in [1.29, 1.82) is 0 Å². The molecule has 1 unspecified atom stereocenters. The lowest BCUT2D eigenvalue weighted by Crippen LogP contribution is -2.47. The van der Waals surface area contributed by atoms with E-state index in [9.17, 15) is 0 Å². The van der Waals surface area contributed by atoms with Crippen molar-refractivity contribution >= 4 is 22.7 Å². The van der Waals surface area contributed by atoms with Gasteiger partial charge in [-0.25, -0.2) is 4.98 Å². The van der Waals surface area contributed by atoms with Gasteiger partial charge in [0, 0.05) is 57.0 Å². The zero-order valence-corrected chi connectivity index (χ0v) is 18.2. The summed E-state index contributed by atoms with van der Waals surface area (Å²) in [6.45, 7) is 6.37. The number of piperidine rings is 1. The van der Waals surface area contributed by atoms with Crippen LogP contribution in [0.5, 0.6) is 0 Å². The Labute approximate surface area is 183 Å². The second-order valence-electron chi connectivity index (χ2n) is 8.44. The summed E-state index contributed by atoms with van der Waals surface area (Å²) >= 11 is 0. The molecule has 2 saturated heterocycles. The third-order valence-electron chi connectivity index (χ3n) is 6.44. The predicted octanol–water partition coefficient (Wildman–Crippen LogP) is 2.96. The van der Waals surface area contributed by atoms with Crippen LogP contribution in [-0.4, -0.2) is 72.3 Å². The summed E-state index contributed by atoms with van der Waals surface area (Å²) in [5, 5.41) is 1.25. The Balaban J connectivity index is 1.29. The average molecular weight is 419 g/mol. The normalized spacial score (nSPS) is 20.2. The molecule has 2 aromatic heterocycles. The number of anilines is 2. The number of hydrogen-bond donors (Lipinski definition) is 0. The molecule has 1 aromatic carbocycles. The fourth-order valence-electron chi connectivity index (χ4n) is 4.67. The number of aromatic nitrogens is 3. The largest absolute Gasteiger partial charge is 0.378 e. The van der Waals surface area contributed by atoms with Crippen LogP contribution < -0.4 is 9.80 Å². The minimum atomic E-state index is 0.404. The quantitative estimate of drug-likeness (QED) is 0.631. The maximum Gasteiger partial charge on any atom is 0.227 e. The van der Waals surface area contributed by atoms with Gasteiger partial charge in [0.05, 0.1) is 18.7 Å². The molecule has 31 heavy (non-hydrogen) atoms. The van der Waals surface area contributed by atoms with Crippen LogP contribution in [0.4, 0.5) is 11.8 Å². The van der Waals surface area contributed by atoms with Crippen molar-refractivity contribution in [3.63, 3.8) is 0 Å². The highest BCUT2D eigenvalue weighted by molar-refractivity contribution is 5.81. The first-order chi connectivity index (χ1) is 15.3. The fraction of sp³-hybridized carbons (Fsp3) is 0.458. The first-order valence-corrected chi connectivity index (χ1v) is 11.2. The molecular weight excluding hydrogens is 388 g/mol. The molecule has 0 aliphatic carbocycles. The summed E-state index contributed by atoms with van der Waals surface area (Å²) in [7, 11) is 2.13. The van der Waals surface area contributed by atoms with E-state index < -0.39 is 0 Å². The lowest BCUT2D eigenvalue weighted by molar-refractivity contribution is 0.122. The van der Waals surface area contributed by atoms with Gasteiger partial charge in [0.1, 0.15) is 5.82 Å². The molecule has 7 heteroatoms. The summed E-state index contributed by atoms with van der Waals surface area (Å²) in [5.74, 6) is 1.81. The van der Waals surface area contributed by atoms with Crippen LogP contribution >= 0.6 is 0 Å². The maximum atomic E-state index is 5.48. The molecule has 4 heterocycles. The number of hydrogen-bond acceptors (Lipinski definition) is 7. The SMILES string of the molecule is CN(c1nccc(N2CCOCC2)n1)C1CCCN(Cc2ccnc3ccccc23)C1. The number of rotatable bonds is 5. The van der Waals surface area contributed by atoms with Crippen LogP contribution in [0.3, 0.4) is 0 Å². The summed E-state index contributed by atoms with van der Waals surface area (Å²) < 4.78 is 5.48. The number of nitrogens with zero attached hydrogens (tertiary/aromatic N) is 6. The third-order valence-corrected chi connectivity index (χ3v) is 6.44. The molecule has 7 nitrogen and oxygen atoms in total. The predicted molar refractivity (Wildman–Crippen MR) is 124 cm³/mol. The van der Waals surface area contributed by atoms with Gasteiger partial charge in [-0.15, -0.1) is 0 Å². The number of para-hydroxylation sites is 1. The topological polar surface area (TPSA) is 57.6 Å². The first-order valence-electron chi connectivity index (χ1n) is 11.2. The molecule has 2 aliphatic heterocycles. The second kappa shape index (κ2) is 9.16. The lowest BCUT2D eigenvalue weighted by Gasteiger charge is -2.38. The Morgan fingerprint density at radius 3 is 2.77 bits per heavy atom. The van der Waals surface area contributed by atoms with E-state index in [0.29, 0.717) is 6.04 Å². The summed E-state index contributed by atoms with van der Waals surface area (Å²) in [6, 6.07) is 13.0. The van der Waals surface area contributed by atoms with Gasteiger partial charge in [0.2, 0.25) is 5.95 Å². The maximum absolute atomic E-state index is 5.48. The minimum absolute atomic E-state index is 0.404. The molecule has 162 valence electrons. The van der Waals surface area contributed by atoms with Gasteiger partial charge in [-0.3, -0.25) is 9.88 Å². The van der Waals surface area contributed by atoms with E-state index >= 15 is 0 Å². The molecule has 2 aliphatic rings. The molecule has 5 rings (SSSR count). The zero-order valence-electron chi connectivity index (χ0n) is 18.2. The van der Waals surface area contributed by atoms with E-state index in [1.165, 1.54) is 17.4 Å². The first kappa shape index (κ1) is 20.2. The molecule has 3 aromatic rings. The summed E-state index contributed by atoms with van der Waals surface area (Å²) in [4.78, 5) is 21.1. The summed E-state index contributed by atoms with van der Waals surface area (Å²) in [5.41, 5.74) is 2.42. The summed E-state index contributed by atoms with van der Waals surface area (Å²) in [6.07, 6.45) is 6.15. The number of ether oxygens (including phenoxy) is 1. The van der Waals surface area contributed by atoms with Crippen molar-refractivity contribution in [2.75, 3.05) is 56.2 Å². The number of likely N-dealkylation sites (tertiary alicyclic amines) is 1. The van der Waals surface area contributed by atoms with Gasteiger partial charge in [0.25, 0.3) is 0 Å². The van der Waals surface area contributed by atoms with Crippen molar-refractivity contribution in [3.8, 4) is 0 Å². The second-order valence-corrected chi connectivity index (χ2v) is 8.44. The molecule has 2 fully saturated rings. The lowest BCUT2D eigenvalue weighted by atomic mass is 10.0. The monoisotopic (exact) mass is 418 g/mol. The van der Waals surface area contributed by atoms with Crippen LogP contribution in [0, 0.1) is 0 Å². The van der Waals surface area contributed by atoms with E-state index in [0.717, 1.165) is 69.6 Å².